The van der Waals surface area contributed by atoms with Gasteiger partial charge in [0.05, 0.1) is 29.3 Å². The topological polar surface area (TPSA) is 62.7 Å². The number of fused-ring (bicyclic) bond motifs is 1. The number of halogens is 1. The third-order valence-electron chi connectivity index (χ3n) is 3.59. The van der Waals surface area contributed by atoms with Gasteiger partial charge in [0.2, 0.25) is 0 Å². The van der Waals surface area contributed by atoms with Gasteiger partial charge in [0.15, 0.2) is 0 Å². The fraction of sp³-hybridized carbons (Fsp3) is 0.200. The summed E-state index contributed by atoms with van der Waals surface area (Å²) >= 11 is 6.17. The number of H-pyrrole nitrogens is 1. The van der Waals surface area contributed by atoms with Crippen LogP contribution < -0.4 is 10.9 Å². The zero-order valence-corrected chi connectivity index (χ0v) is 12.5. The van der Waals surface area contributed by atoms with Crippen molar-refractivity contribution in [2.24, 2.45) is 0 Å². The maximum atomic E-state index is 12.6. The Balaban J connectivity index is 2.12. The molecule has 0 aliphatic heterocycles. The van der Waals surface area contributed by atoms with Crippen LogP contribution in [-0.4, -0.2) is 21.6 Å². The van der Waals surface area contributed by atoms with Crippen molar-refractivity contribution in [2.75, 3.05) is 12.4 Å². The van der Waals surface area contributed by atoms with Gasteiger partial charge in [-0.05, 0) is 30.5 Å². The molecule has 0 saturated carbocycles. The first-order chi connectivity index (χ1) is 10.1. The zero-order valence-electron chi connectivity index (χ0n) is 11.8. The number of anilines is 1. The molecule has 21 heavy (non-hydrogen) atoms. The molecule has 108 valence electrons. The molecule has 0 atom stereocenters. The van der Waals surface area contributed by atoms with Crippen molar-refractivity contribution >= 4 is 28.1 Å². The molecule has 0 saturated heterocycles. The number of aromatic amines is 1. The summed E-state index contributed by atoms with van der Waals surface area (Å²) in [6, 6.07) is 5.50. The first-order valence-electron chi connectivity index (χ1n) is 6.59. The Bertz CT molecular complexity index is 866. The van der Waals surface area contributed by atoms with Crippen LogP contribution in [0.15, 0.2) is 35.5 Å². The van der Waals surface area contributed by atoms with Crippen LogP contribution in [0.25, 0.3) is 10.8 Å². The smallest absolute Gasteiger partial charge is 0.258 e. The molecule has 0 spiro atoms. The number of imidazole rings is 1. The van der Waals surface area contributed by atoms with Crippen molar-refractivity contribution in [1.82, 2.24) is 14.5 Å². The third-order valence-corrected chi connectivity index (χ3v) is 3.90. The van der Waals surface area contributed by atoms with Gasteiger partial charge >= 0.3 is 0 Å². The third kappa shape index (κ3) is 2.40. The maximum absolute atomic E-state index is 12.6. The first-order valence-corrected chi connectivity index (χ1v) is 6.97. The molecule has 0 unspecified atom stereocenters. The Morgan fingerprint density at radius 2 is 2.24 bits per heavy atom. The van der Waals surface area contributed by atoms with Gasteiger partial charge in [0.25, 0.3) is 5.56 Å². The Labute approximate surface area is 126 Å². The lowest BCUT2D eigenvalue weighted by Crippen LogP contribution is -2.20. The highest BCUT2D eigenvalue weighted by atomic mass is 35.5. The van der Waals surface area contributed by atoms with Crippen LogP contribution in [0.3, 0.4) is 0 Å². The van der Waals surface area contributed by atoms with Crippen molar-refractivity contribution in [3.63, 3.8) is 0 Å². The lowest BCUT2D eigenvalue weighted by atomic mass is 10.1. The number of pyridine rings is 1. The normalized spacial score (nSPS) is 11.0. The van der Waals surface area contributed by atoms with Gasteiger partial charge in [-0.3, -0.25) is 4.79 Å². The summed E-state index contributed by atoms with van der Waals surface area (Å²) in [5.74, 6) is 0. The second kappa shape index (κ2) is 5.26. The number of nitrogens with one attached hydrogen (secondary N) is 2. The summed E-state index contributed by atoms with van der Waals surface area (Å²) in [4.78, 5) is 19.8. The molecule has 0 radical (unpaired) electrons. The van der Waals surface area contributed by atoms with E-state index in [0.29, 0.717) is 17.0 Å². The summed E-state index contributed by atoms with van der Waals surface area (Å²) in [6.07, 6.45) is 3.42. The number of hydrogen-bond donors (Lipinski definition) is 2. The van der Waals surface area contributed by atoms with E-state index < -0.39 is 0 Å². The Hall–Kier alpha value is -2.27. The SMILES string of the molecule is CNc1cc2ccn(Cc3nc[nH]c3C)c(=O)c2cc1Cl. The minimum Gasteiger partial charge on any atom is -0.387 e. The molecular weight excluding hydrogens is 288 g/mol. The van der Waals surface area contributed by atoms with Crippen LogP contribution in [-0.2, 0) is 6.54 Å². The van der Waals surface area contributed by atoms with Crippen LogP contribution in [0.4, 0.5) is 5.69 Å². The predicted molar refractivity (Wildman–Crippen MR) is 85.2 cm³/mol. The molecule has 5 nitrogen and oxygen atoms in total. The summed E-state index contributed by atoms with van der Waals surface area (Å²) in [5.41, 5.74) is 2.56. The minimum atomic E-state index is -0.0700. The summed E-state index contributed by atoms with van der Waals surface area (Å²) in [7, 11) is 1.80. The lowest BCUT2D eigenvalue weighted by molar-refractivity contribution is 0.746. The highest BCUT2D eigenvalue weighted by Gasteiger charge is 2.09. The van der Waals surface area contributed by atoms with E-state index in [-0.39, 0.29) is 5.56 Å². The maximum Gasteiger partial charge on any atom is 0.258 e. The molecular formula is C15H15ClN4O. The number of rotatable bonds is 3. The largest absolute Gasteiger partial charge is 0.387 e. The number of aryl methyl sites for hydroxylation is 1. The van der Waals surface area contributed by atoms with Gasteiger partial charge < -0.3 is 14.9 Å². The summed E-state index contributed by atoms with van der Waals surface area (Å²) in [5, 5.41) is 5.02. The zero-order chi connectivity index (χ0) is 15.0. The van der Waals surface area contributed by atoms with Crippen LogP contribution in [0, 0.1) is 6.92 Å². The fourth-order valence-electron chi connectivity index (χ4n) is 2.33. The monoisotopic (exact) mass is 302 g/mol. The van der Waals surface area contributed by atoms with E-state index in [9.17, 15) is 4.79 Å². The molecule has 2 heterocycles. The van der Waals surface area contributed by atoms with Gasteiger partial charge in [0, 0.05) is 24.3 Å². The fourth-order valence-corrected chi connectivity index (χ4v) is 2.59. The van der Waals surface area contributed by atoms with E-state index >= 15 is 0 Å². The van der Waals surface area contributed by atoms with Gasteiger partial charge in [0.1, 0.15) is 0 Å². The van der Waals surface area contributed by atoms with Crippen LogP contribution in [0.1, 0.15) is 11.4 Å². The molecule has 3 aromatic rings. The molecule has 6 heteroatoms. The number of hydrogen-bond acceptors (Lipinski definition) is 3. The summed E-state index contributed by atoms with van der Waals surface area (Å²) < 4.78 is 1.64. The molecule has 2 N–H and O–H groups in total. The van der Waals surface area contributed by atoms with Crippen molar-refractivity contribution < 1.29 is 0 Å². The average Bonchev–Trinajstić information content (AvgIpc) is 2.87. The predicted octanol–water partition coefficient (Wildman–Crippen LogP) is 2.78. The minimum absolute atomic E-state index is 0.0700. The number of nitrogens with zero attached hydrogens (tertiary/aromatic N) is 2. The van der Waals surface area contributed by atoms with Crippen LogP contribution in [0.2, 0.25) is 5.02 Å². The highest BCUT2D eigenvalue weighted by molar-refractivity contribution is 6.34. The van der Waals surface area contributed by atoms with E-state index in [4.69, 9.17) is 11.6 Å². The Morgan fingerprint density at radius 1 is 1.43 bits per heavy atom. The molecule has 1 aromatic carbocycles. The van der Waals surface area contributed by atoms with E-state index in [0.717, 1.165) is 22.5 Å². The van der Waals surface area contributed by atoms with Gasteiger partial charge in [-0.2, -0.15) is 0 Å². The van der Waals surface area contributed by atoms with Crippen molar-refractivity contribution in [1.29, 1.82) is 0 Å². The van der Waals surface area contributed by atoms with Crippen LogP contribution >= 0.6 is 11.6 Å². The first kappa shape index (κ1) is 13.7. The van der Waals surface area contributed by atoms with E-state index in [2.05, 4.69) is 15.3 Å². The number of aromatic nitrogens is 3. The highest BCUT2D eigenvalue weighted by Crippen LogP contribution is 2.26. The summed E-state index contributed by atoms with van der Waals surface area (Å²) in [6.45, 7) is 2.37. The van der Waals surface area contributed by atoms with Crippen molar-refractivity contribution in [3.8, 4) is 0 Å². The quantitative estimate of drug-likeness (QED) is 0.782. The lowest BCUT2D eigenvalue weighted by Gasteiger charge is -2.09. The molecule has 2 aromatic heterocycles. The van der Waals surface area contributed by atoms with Gasteiger partial charge in [-0.15, -0.1) is 0 Å². The van der Waals surface area contributed by atoms with Crippen molar-refractivity contribution in [2.45, 2.75) is 13.5 Å². The van der Waals surface area contributed by atoms with Gasteiger partial charge in [-0.1, -0.05) is 11.6 Å². The van der Waals surface area contributed by atoms with Crippen LogP contribution in [0.5, 0.6) is 0 Å². The molecule has 0 fully saturated rings. The molecule has 3 rings (SSSR count). The molecule has 0 bridgehead atoms. The standard InChI is InChI=1S/C15H15ClN4O/c1-9-14(19-8-18-9)7-20-4-3-10-5-13(17-2)12(16)6-11(10)15(20)21/h3-6,8,17H,7H2,1-2H3,(H,18,19). The number of benzene rings is 1. The van der Waals surface area contributed by atoms with E-state index in [1.165, 1.54) is 0 Å². The van der Waals surface area contributed by atoms with Gasteiger partial charge in [-0.25, -0.2) is 4.98 Å². The van der Waals surface area contributed by atoms with Crippen molar-refractivity contribution in [3.05, 3.63) is 57.5 Å². The van der Waals surface area contributed by atoms with E-state index in [1.54, 1.807) is 30.2 Å². The molecule has 0 aliphatic rings. The van der Waals surface area contributed by atoms with E-state index in [1.807, 2.05) is 19.1 Å². The second-order valence-electron chi connectivity index (χ2n) is 4.89. The Kier molecular flexibility index (Phi) is 3.43. The molecule has 0 aliphatic carbocycles. The average molecular weight is 303 g/mol. The Morgan fingerprint density at radius 3 is 2.90 bits per heavy atom. The molecule has 0 amide bonds. The second-order valence-corrected chi connectivity index (χ2v) is 5.30.